The molecule has 0 fully saturated rings. The van der Waals surface area contributed by atoms with Crippen LogP contribution < -0.4 is 94.8 Å². The van der Waals surface area contributed by atoms with E-state index in [1.54, 1.807) is 0 Å². The molecule has 0 saturated heterocycles. The van der Waals surface area contributed by atoms with Crippen LogP contribution >= 0.6 is 0 Å². The first-order valence-corrected chi connectivity index (χ1v) is 0. The third-order valence-electron chi connectivity index (χ3n) is 0. The molecule has 0 bridgehead atoms. The molecule has 0 radical (unpaired) electrons. The smallest absolute Gasteiger partial charge is 1.00 e. The van der Waals surface area contributed by atoms with Gasteiger partial charge in [-0.1, -0.05) is 0 Å². The Balaban J connectivity index is 0. The van der Waals surface area contributed by atoms with Crippen molar-refractivity contribution in [3.05, 3.63) is 0 Å². The van der Waals surface area contributed by atoms with Gasteiger partial charge in [-0.15, -0.1) is 0 Å². The Morgan fingerprint density at radius 2 is 0.714 bits per heavy atom. The molecule has 0 aromatic carbocycles. The fourth-order valence-corrected chi connectivity index (χ4v) is 0. The summed E-state index contributed by atoms with van der Waals surface area (Å²) in [5.74, 6) is 0. The van der Waals surface area contributed by atoms with Crippen LogP contribution in [0.25, 0.3) is 0 Å². The molecule has 0 atom stereocenters. The maximum atomic E-state index is 0. The summed E-state index contributed by atoms with van der Waals surface area (Å²) < 4.78 is 0. The first-order valence-electron chi connectivity index (χ1n) is 0. The molecule has 5 N–H and O–H groups in total. The van der Waals surface area contributed by atoms with Crippen molar-refractivity contribution in [3.63, 3.8) is 0 Å². The summed E-state index contributed by atoms with van der Waals surface area (Å²) in [6.45, 7) is 0. The first-order chi connectivity index (χ1) is 0. The third kappa shape index (κ3) is 47.6. The number of hydrogen-bond donors (Lipinski definition) is 1. The minimum absolute atomic E-state index is 0. The maximum absolute atomic E-state index is 0. The summed E-state index contributed by atoms with van der Waals surface area (Å²) in [7, 11) is 0. The predicted molar refractivity (Wildman–Crippen MR) is 8.64 cm³/mol. The summed E-state index contributed by atoms with van der Waals surface area (Å²) in [6, 6.07) is 0. The van der Waals surface area contributed by atoms with Crippen molar-refractivity contribution in [1.82, 2.24) is 6.15 Å². The minimum Gasteiger partial charge on any atom is -1.00 e. The van der Waals surface area contributed by atoms with Crippen LogP contribution in [0, 0.1) is 0 Å². The quantitative estimate of drug-likeness (QED) is 0.420. The second-order valence-corrected chi connectivity index (χ2v) is 0. The topological polar surface area (TPSA) is 66.5 Å². The van der Waals surface area contributed by atoms with Gasteiger partial charge in [0.2, 0.25) is 0 Å². The van der Waals surface area contributed by atoms with Crippen LogP contribution in [0.15, 0.2) is 0 Å². The first kappa shape index (κ1) is 86.6. The molecule has 0 aromatic rings. The van der Waals surface area contributed by atoms with Gasteiger partial charge >= 0.3 is 72.4 Å². The van der Waals surface area contributed by atoms with Crippen molar-refractivity contribution in [1.29, 1.82) is 0 Å². The van der Waals surface area contributed by atoms with Crippen molar-refractivity contribution in [3.8, 4) is 0 Å². The molecular weight excluding hydrogens is 371 g/mol. The molecule has 0 amide bonds. The van der Waals surface area contributed by atoms with Crippen molar-refractivity contribution >= 4 is 0 Å². The van der Waals surface area contributed by atoms with Crippen molar-refractivity contribution in [2.75, 3.05) is 0 Å². The average Bonchev–Trinajstić information content (AvgIpc) is 0. The zero-order chi connectivity index (χ0) is 0. The van der Waals surface area contributed by atoms with E-state index in [-0.39, 0.29) is 121 Å². The van der Waals surface area contributed by atoms with E-state index < -0.39 is 0 Å². The zero-order valence-electron chi connectivity index (χ0n) is 3.66. The van der Waals surface area contributed by atoms with Crippen molar-refractivity contribution in [2.45, 2.75) is 0 Å². The Morgan fingerprint density at radius 3 is 0.714 bits per heavy atom. The van der Waals surface area contributed by atoms with E-state index >= 15 is 0 Å². The molecular formula is H5Cl3KNOPt. The van der Waals surface area contributed by atoms with Gasteiger partial charge in [-0.2, -0.15) is 0 Å². The zero-order valence-corrected chi connectivity index (χ0v) is 11.3. The minimum atomic E-state index is 0. The van der Waals surface area contributed by atoms with Crippen molar-refractivity contribution in [2.24, 2.45) is 0 Å². The van der Waals surface area contributed by atoms with E-state index in [9.17, 15) is 0 Å². The second-order valence-electron chi connectivity index (χ2n) is 0. The van der Waals surface area contributed by atoms with Gasteiger partial charge in [-0.3, -0.25) is 0 Å². The van der Waals surface area contributed by atoms with Gasteiger partial charge < -0.3 is 48.8 Å². The molecule has 0 rings (SSSR count). The van der Waals surface area contributed by atoms with Gasteiger partial charge in [-0.25, -0.2) is 0 Å². The Kier molecular flexibility index (Phi) is 766. The summed E-state index contributed by atoms with van der Waals surface area (Å²) in [5, 5.41) is 0. The largest absolute Gasteiger partial charge is 2.00 e. The molecule has 0 spiro atoms. The predicted octanol–water partition coefficient (Wildman–Crippen LogP) is -12.6. The third-order valence-corrected chi connectivity index (χ3v) is 0. The van der Waals surface area contributed by atoms with Crippen LogP contribution in [0.5, 0.6) is 0 Å². The van der Waals surface area contributed by atoms with E-state index in [0.717, 1.165) is 0 Å². The summed E-state index contributed by atoms with van der Waals surface area (Å²) in [5.41, 5.74) is 0. The number of rotatable bonds is 0. The number of hydrogen-bond acceptors (Lipinski definition) is 1. The SMILES string of the molecule is N.O.[Cl-].[Cl-].[Cl-].[K+].[Pt+2]. The normalized spacial score (nSPS) is 0. The van der Waals surface area contributed by atoms with Crippen LogP contribution in [-0.4, -0.2) is 5.48 Å². The van der Waals surface area contributed by atoms with E-state index in [1.165, 1.54) is 0 Å². The van der Waals surface area contributed by atoms with Gasteiger partial charge in [0.15, 0.2) is 0 Å². The van der Waals surface area contributed by atoms with Gasteiger partial charge in [0.25, 0.3) is 0 Å². The van der Waals surface area contributed by atoms with Gasteiger partial charge in [0.05, 0.1) is 0 Å². The fourth-order valence-electron chi connectivity index (χ4n) is 0. The van der Waals surface area contributed by atoms with Crippen molar-refractivity contribution < 1.29 is 115 Å². The van der Waals surface area contributed by atoms with E-state index in [1.807, 2.05) is 0 Å². The molecule has 7 heavy (non-hydrogen) atoms. The van der Waals surface area contributed by atoms with Gasteiger partial charge in [0.1, 0.15) is 0 Å². The molecule has 2 nitrogen and oxygen atoms in total. The second kappa shape index (κ2) is 61.9. The summed E-state index contributed by atoms with van der Waals surface area (Å²) >= 11 is 0. The molecule has 0 aromatic heterocycles. The molecule has 0 aliphatic rings. The van der Waals surface area contributed by atoms with Crippen LogP contribution in [0.4, 0.5) is 0 Å². The average molecular weight is 376 g/mol. The summed E-state index contributed by atoms with van der Waals surface area (Å²) in [4.78, 5) is 0. The Hall–Kier alpha value is 3.11. The van der Waals surface area contributed by atoms with E-state index in [0.29, 0.717) is 0 Å². The van der Waals surface area contributed by atoms with Crippen LogP contribution in [0.3, 0.4) is 0 Å². The van der Waals surface area contributed by atoms with E-state index in [4.69, 9.17) is 0 Å². The molecule has 0 saturated carbocycles. The Morgan fingerprint density at radius 1 is 0.714 bits per heavy atom. The monoisotopic (exact) mass is 374 g/mol. The molecule has 0 unspecified atom stereocenters. The summed E-state index contributed by atoms with van der Waals surface area (Å²) in [6.07, 6.45) is 0. The molecule has 0 aliphatic carbocycles. The Bertz CT molecular complexity index is 14.9. The molecule has 48 valence electrons. The van der Waals surface area contributed by atoms with Crippen LogP contribution in [0.2, 0.25) is 0 Å². The molecule has 0 aliphatic heterocycles. The fraction of sp³-hybridized carbons (Fsp3) is 0. The van der Waals surface area contributed by atoms with E-state index in [2.05, 4.69) is 0 Å². The van der Waals surface area contributed by atoms with Gasteiger partial charge in [0, 0.05) is 0 Å². The number of halogens is 3. The Labute approximate surface area is 119 Å². The molecule has 0 heterocycles. The van der Waals surface area contributed by atoms with Crippen LogP contribution in [0.1, 0.15) is 0 Å². The van der Waals surface area contributed by atoms with Gasteiger partial charge in [-0.05, 0) is 0 Å². The molecule has 7 heteroatoms. The van der Waals surface area contributed by atoms with Crippen LogP contribution in [-0.2, 0) is 21.1 Å². The standard InChI is InChI=1S/3ClH.K.H3N.H2O.Pt/h3*1H;;1H3;1H2;/q;;;+1;;;+2/p-3. The maximum Gasteiger partial charge on any atom is 2.00 e.